The van der Waals surface area contributed by atoms with Gasteiger partial charge >= 0.3 is 0 Å². The van der Waals surface area contributed by atoms with E-state index < -0.39 is 17.6 Å². The second-order valence-corrected chi connectivity index (χ2v) is 7.02. The SMILES string of the molecule is C[C@H]1C[C@@](C)(N)C[C@@H]([C@H](O)CC2CC(=O)NC(=O)C2)C1=O. The third-order valence-electron chi connectivity index (χ3n) is 4.58. The van der Waals surface area contributed by atoms with E-state index >= 15 is 0 Å². The number of aliphatic hydroxyl groups excluding tert-OH is 1. The van der Waals surface area contributed by atoms with Crippen molar-refractivity contribution in [3.05, 3.63) is 0 Å². The molecule has 0 unspecified atom stereocenters. The number of aliphatic hydroxyl groups is 1. The third kappa shape index (κ3) is 3.89. The van der Waals surface area contributed by atoms with Gasteiger partial charge in [0.25, 0.3) is 0 Å². The van der Waals surface area contributed by atoms with E-state index in [1.807, 2.05) is 13.8 Å². The van der Waals surface area contributed by atoms with Gasteiger partial charge in [-0.2, -0.15) is 0 Å². The lowest BCUT2D eigenvalue weighted by molar-refractivity contribution is -0.136. The van der Waals surface area contributed by atoms with Gasteiger partial charge in [-0.25, -0.2) is 0 Å². The average molecular weight is 296 g/mol. The summed E-state index contributed by atoms with van der Waals surface area (Å²) in [5, 5.41) is 12.6. The molecule has 21 heavy (non-hydrogen) atoms. The fraction of sp³-hybridized carbons (Fsp3) is 0.800. The fourth-order valence-electron chi connectivity index (χ4n) is 3.70. The first-order valence-corrected chi connectivity index (χ1v) is 7.51. The quantitative estimate of drug-likeness (QED) is 0.641. The van der Waals surface area contributed by atoms with Gasteiger partial charge in [0.2, 0.25) is 11.8 Å². The first-order valence-electron chi connectivity index (χ1n) is 7.51. The molecule has 6 heteroatoms. The maximum absolute atomic E-state index is 12.3. The fourth-order valence-corrected chi connectivity index (χ4v) is 3.70. The molecule has 2 aliphatic rings. The number of Topliss-reactive ketones (excluding diaryl/α,β-unsaturated/α-hetero) is 1. The molecule has 1 aliphatic carbocycles. The van der Waals surface area contributed by atoms with Crippen molar-refractivity contribution < 1.29 is 19.5 Å². The molecule has 2 amide bonds. The molecule has 0 spiro atoms. The van der Waals surface area contributed by atoms with Crippen LogP contribution in [0.25, 0.3) is 0 Å². The van der Waals surface area contributed by atoms with Crippen molar-refractivity contribution in [2.75, 3.05) is 0 Å². The molecule has 1 heterocycles. The molecule has 0 aromatic rings. The summed E-state index contributed by atoms with van der Waals surface area (Å²) >= 11 is 0. The van der Waals surface area contributed by atoms with E-state index in [-0.39, 0.29) is 42.3 Å². The number of imide groups is 1. The van der Waals surface area contributed by atoms with Gasteiger partial charge in [-0.3, -0.25) is 19.7 Å². The summed E-state index contributed by atoms with van der Waals surface area (Å²) in [4.78, 5) is 35.0. The number of carbonyl (C=O) groups excluding carboxylic acids is 3. The zero-order valence-electron chi connectivity index (χ0n) is 12.6. The highest BCUT2D eigenvalue weighted by Crippen LogP contribution is 2.35. The van der Waals surface area contributed by atoms with Crippen LogP contribution < -0.4 is 11.1 Å². The van der Waals surface area contributed by atoms with Crippen LogP contribution in [-0.2, 0) is 14.4 Å². The number of carbonyl (C=O) groups is 3. The standard InChI is InChI=1S/C15H24N2O4/c1-8-6-15(2,16)7-10(14(8)21)11(18)3-9-4-12(19)17-13(20)5-9/h8-11,18H,3-7,16H2,1-2H3,(H,17,19,20)/t8-,10-,11+,15+/m0/s1. The molecule has 2 rings (SSSR count). The van der Waals surface area contributed by atoms with E-state index in [0.717, 1.165) is 0 Å². The predicted octanol–water partition coefficient (Wildman–Crippen LogP) is 0.123. The van der Waals surface area contributed by atoms with E-state index in [4.69, 9.17) is 5.73 Å². The molecule has 4 N–H and O–H groups in total. The Balaban J connectivity index is 2.01. The van der Waals surface area contributed by atoms with Crippen LogP contribution in [0.15, 0.2) is 0 Å². The van der Waals surface area contributed by atoms with Gasteiger partial charge in [-0.1, -0.05) is 6.92 Å². The maximum Gasteiger partial charge on any atom is 0.226 e. The summed E-state index contributed by atoms with van der Waals surface area (Å²) in [5.74, 6) is -1.44. The Hall–Kier alpha value is -1.27. The van der Waals surface area contributed by atoms with Crippen LogP contribution in [0.2, 0.25) is 0 Å². The van der Waals surface area contributed by atoms with E-state index in [9.17, 15) is 19.5 Å². The van der Waals surface area contributed by atoms with Gasteiger partial charge in [0.1, 0.15) is 5.78 Å². The first-order chi connectivity index (χ1) is 9.68. The summed E-state index contributed by atoms with van der Waals surface area (Å²) in [5.41, 5.74) is 5.69. The first kappa shape index (κ1) is 16.1. The molecular weight excluding hydrogens is 272 g/mol. The Kier molecular flexibility index (Phi) is 4.49. The molecule has 1 saturated heterocycles. The van der Waals surface area contributed by atoms with Crippen molar-refractivity contribution in [1.29, 1.82) is 0 Å². The Morgan fingerprint density at radius 2 is 1.86 bits per heavy atom. The normalized spacial score (nSPS) is 36.5. The molecule has 0 aromatic carbocycles. The molecule has 4 atom stereocenters. The van der Waals surface area contributed by atoms with Crippen LogP contribution in [0.3, 0.4) is 0 Å². The van der Waals surface area contributed by atoms with Crippen LogP contribution >= 0.6 is 0 Å². The van der Waals surface area contributed by atoms with Crippen molar-refractivity contribution >= 4 is 17.6 Å². The lowest BCUT2D eigenvalue weighted by Crippen LogP contribution is -2.51. The van der Waals surface area contributed by atoms with Crippen molar-refractivity contribution in [1.82, 2.24) is 5.32 Å². The number of rotatable bonds is 3. The third-order valence-corrected chi connectivity index (χ3v) is 4.58. The molecule has 0 radical (unpaired) electrons. The highest BCUT2D eigenvalue weighted by Gasteiger charge is 2.42. The topological polar surface area (TPSA) is 109 Å². The second kappa shape index (κ2) is 5.85. The van der Waals surface area contributed by atoms with Crippen molar-refractivity contribution in [2.45, 2.75) is 57.6 Å². The average Bonchev–Trinajstić information content (AvgIpc) is 2.31. The smallest absolute Gasteiger partial charge is 0.226 e. The minimum atomic E-state index is -0.841. The summed E-state index contributed by atoms with van der Waals surface area (Å²) in [7, 11) is 0. The summed E-state index contributed by atoms with van der Waals surface area (Å²) in [6.07, 6.45) is 0.965. The molecule has 118 valence electrons. The number of hydrogen-bond acceptors (Lipinski definition) is 5. The zero-order valence-corrected chi connectivity index (χ0v) is 12.6. The van der Waals surface area contributed by atoms with Gasteiger partial charge in [0, 0.05) is 30.2 Å². The second-order valence-electron chi connectivity index (χ2n) is 7.02. The van der Waals surface area contributed by atoms with E-state index in [1.165, 1.54) is 0 Å². The molecule has 0 aromatic heterocycles. The molecule has 1 saturated carbocycles. The van der Waals surface area contributed by atoms with E-state index in [0.29, 0.717) is 19.3 Å². The lowest BCUT2D eigenvalue weighted by atomic mass is 9.68. The number of nitrogens with one attached hydrogen (secondary N) is 1. The lowest BCUT2D eigenvalue weighted by Gasteiger charge is -2.40. The highest BCUT2D eigenvalue weighted by molar-refractivity contribution is 5.97. The Morgan fingerprint density at radius 1 is 1.29 bits per heavy atom. The minimum Gasteiger partial charge on any atom is -0.392 e. The molecule has 0 bridgehead atoms. The van der Waals surface area contributed by atoms with Gasteiger partial charge in [-0.05, 0) is 32.1 Å². The predicted molar refractivity (Wildman–Crippen MR) is 76.0 cm³/mol. The summed E-state index contributed by atoms with van der Waals surface area (Å²) < 4.78 is 0. The van der Waals surface area contributed by atoms with Crippen LogP contribution in [-0.4, -0.2) is 34.3 Å². The Morgan fingerprint density at radius 3 is 2.43 bits per heavy atom. The van der Waals surface area contributed by atoms with Gasteiger partial charge in [0.15, 0.2) is 0 Å². The summed E-state index contributed by atoms with van der Waals surface area (Å²) in [6, 6.07) is 0. The van der Waals surface area contributed by atoms with Gasteiger partial charge < -0.3 is 10.8 Å². The van der Waals surface area contributed by atoms with Crippen LogP contribution in [0.5, 0.6) is 0 Å². The Labute approximate surface area is 124 Å². The maximum atomic E-state index is 12.3. The van der Waals surface area contributed by atoms with E-state index in [2.05, 4.69) is 5.32 Å². The summed E-state index contributed by atoms with van der Waals surface area (Å²) in [6.45, 7) is 3.73. The van der Waals surface area contributed by atoms with E-state index in [1.54, 1.807) is 0 Å². The minimum absolute atomic E-state index is 0.0389. The van der Waals surface area contributed by atoms with Crippen LogP contribution in [0, 0.1) is 17.8 Å². The van der Waals surface area contributed by atoms with Crippen molar-refractivity contribution in [2.24, 2.45) is 23.5 Å². The van der Waals surface area contributed by atoms with Crippen molar-refractivity contribution in [3.63, 3.8) is 0 Å². The molecule has 1 aliphatic heterocycles. The number of ketones is 1. The zero-order chi connectivity index (χ0) is 15.8. The van der Waals surface area contributed by atoms with Gasteiger partial charge in [0.05, 0.1) is 6.10 Å². The number of amides is 2. The number of hydrogen-bond donors (Lipinski definition) is 3. The van der Waals surface area contributed by atoms with Gasteiger partial charge in [-0.15, -0.1) is 0 Å². The number of piperidine rings is 1. The monoisotopic (exact) mass is 296 g/mol. The van der Waals surface area contributed by atoms with Crippen LogP contribution in [0.1, 0.15) is 46.0 Å². The highest BCUT2D eigenvalue weighted by atomic mass is 16.3. The Bertz CT molecular complexity index is 445. The molecule has 6 nitrogen and oxygen atoms in total. The van der Waals surface area contributed by atoms with Crippen LogP contribution in [0.4, 0.5) is 0 Å². The molecule has 2 fully saturated rings. The van der Waals surface area contributed by atoms with Crippen molar-refractivity contribution in [3.8, 4) is 0 Å². The largest absolute Gasteiger partial charge is 0.392 e. The number of nitrogens with two attached hydrogens (primary N) is 1. The molecular formula is C15H24N2O4.